The molecule has 2 heteroatoms. The highest BCUT2D eigenvalue weighted by atomic mass is 16.5. The van der Waals surface area contributed by atoms with E-state index in [1.807, 2.05) is 0 Å². The lowest BCUT2D eigenvalue weighted by atomic mass is 9.58. The Bertz CT molecular complexity index is 448. The van der Waals surface area contributed by atoms with Crippen LogP contribution in [-0.2, 0) is 9.53 Å². The van der Waals surface area contributed by atoms with Crippen molar-refractivity contribution in [1.82, 2.24) is 0 Å². The number of carbonyl (C=O) groups excluding carboxylic acids is 1. The van der Waals surface area contributed by atoms with E-state index in [0.29, 0.717) is 11.3 Å². The van der Waals surface area contributed by atoms with E-state index in [0.717, 1.165) is 18.3 Å². The van der Waals surface area contributed by atoms with Crippen molar-refractivity contribution < 1.29 is 9.53 Å². The van der Waals surface area contributed by atoms with Crippen molar-refractivity contribution in [3.05, 3.63) is 11.6 Å². The lowest BCUT2D eigenvalue weighted by Gasteiger charge is -2.49. The SMILES string of the molecule is CC(=O)O[C@H]1CC=C(C)C2[C@@H]3[C@H](CC[C@]21C)C3(C)C. The Morgan fingerprint density at radius 1 is 1.37 bits per heavy atom. The average Bonchev–Trinajstić information content (AvgIpc) is 2.85. The first-order chi connectivity index (χ1) is 8.78. The number of allylic oxidation sites excluding steroid dienone is 1. The molecule has 0 spiro atoms. The maximum Gasteiger partial charge on any atom is 0.302 e. The summed E-state index contributed by atoms with van der Waals surface area (Å²) < 4.78 is 5.66. The van der Waals surface area contributed by atoms with Crippen LogP contribution >= 0.6 is 0 Å². The summed E-state index contributed by atoms with van der Waals surface area (Å²) in [5.74, 6) is 2.15. The molecule has 0 saturated heterocycles. The van der Waals surface area contributed by atoms with Gasteiger partial charge in [-0.15, -0.1) is 0 Å². The molecule has 0 N–H and O–H groups in total. The van der Waals surface area contributed by atoms with E-state index in [1.165, 1.54) is 25.3 Å². The van der Waals surface area contributed by atoms with Crippen LogP contribution in [0.15, 0.2) is 11.6 Å². The minimum absolute atomic E-state index is 0.0797. The zero-order chi connectivity index (χ0) is 14.0. The number of esters is 1. The minimum Gasteiger partial charge on any atom is -0.462 e. The van der Waals surface area contributed by atoms with Gasteiger partial charge in [0.25, 0.3) is 0 Å². The minimum atomic E-state index is -0.130. The largest absolute Gasteiger partial charge is 0.462 e. The summed E-state index contributed by atoms with van der Waals surface area (Å²) in [4.78, 5) is 11.4. The molecule has 0 radical (unpaired) electrons. The molecule has 2 fully saturated rings. The van der Waals surface area contributed by atoms with Crippen LogP contribution in [0.5, 0.6) is 0 Å². The van der Waals surface area contributed by atoms with Gasteiger partial charge in [0.2, 0.25) is 0 Å². The topological polar surface area (TPSA) is 26.3 Å². The van der Waals surface area contributed by atoms with Crippen LogP contribution in [0.4, 0.5) is 0 Å². The monoisotopic (exact) mass is 262 g/mol. The molecule has 3 rings (SSSR count). The van der Waals surface area contributed by atoms with E-state index >= 15 is 0 Å². The molecule has 5 atom stereocenters. The molecule has 19 heavy (non-hydrogen) atoms. The smallest absolute Gasteiger partial charge is 0.302 e. The number of carbonyl (C=O) groups is 1. The van der Waals surface area contributed by atoms with Gasteiger partial charge in [-0.3, -0.25) is 4.79 Å². The molecule has 0 aliphatic heterocycles. The van der Waals surface area contributed by atoms with Gasteiger partial charge in [-0.05, 0) is 42.9 Å². The second-order valence-corrected chi connectivity index (χ2v) is 7.76. The van der Waals surface area contributed by atoms with Gasteiger partial charge >= 0.3 is 5.97 Å². The van der Waals surface area contributed by atoms with Gasteiger partial charge in [0.05, 0.1) is 0 Å². The standard InChI is InChI=1S/C17H26O2/c1-10-6-7-13(19-11(2)18)17(5)9-8-12-15(14(10)17)16(12,3)4/h6,12-15H,7-9H2,1-5H3/t12-,13-,14?,15-,17-/m0/s1. The van der Waals surface area contributed by atoms with Gasteiger partial charge in [-0.2, -0.15) is 0 Å². The molecular weight excluding hydrogens is 236 g/mol. The number of ether oxygens (including phenoxy) is 1. The van der Waals surface area contributed by atoms with Crippen LogP contribution in [-0.4, -0.2) is 12.1 Å². The molecular formula is C17H26O2. The van der Waals surface area contributed by atoms with Gasteiger partial charge in [-0.1, -0.05) is 32.4 Å². The van der Waals surface area contributed by atoms with Crippen molar-refractivity contribution in [2.75, 3.05) is 0 Å². The van der Waals surface area contributed by atoms with Crippen LogP contribution in [0, 0.1) is 28.6 Å². The Hall–Kier alpha value is -0.790. The highest BCUT2D eigenvalue weighted by molar-refractivity contribution is 5.66. The fraction of sp³-hybridized carbons (Fsp3) is 0.824. The summed E-state index contributed by atoms with van der Waals surface area (Å²) >= 11 is 0. The fourth-order valence-corrected chi connectivity index (χ4v) is 5.27. The Morgan fingerprint density at radius 3 is 2.68 bits per heavy atom. The summed E-state index contributed by atoms with van der Waals surface area (Å²) in [7, 11) is 0. The van der Waals surface area contributed by atoms with Gasteiger partial charge in [0, 0.05) is 18.8 Å². The Balaban J connectivity index is 1.95. The zero-order valence-corrected chi connectivity index (χ0v) is 12.8. The van der Waals surface area contributed by atoms with Gasteiger partial charge in [0.1, 0.15) is 6.10 Å². The van der Waals surface area contributed by atoms with Crippen LogP contribution < -0.4 is 0 Å². The van der Waals surface area contributed by atoms with Gasteiger partial charge in [-0.25, -0.2) is 0 Å². The maximum absolute atomic E-state index is 11.4. The molecule has 106 valence electrons. The first-order valence-electron chi connectivity index (χ1n) is 7.62. The molecule has 0 heterocycles. The van der Waals surface area contributed by atoms with Crippen molar-refractivity contribution in [1.29, 1.82) is 0 Å². The molecule has 2 nitrogen and oxygen atoms in total. The van der Waals surface area contributed by atoms with Crippen LogP contribution in [0.25, 0.3) is 0 Å². The van der Waals surface area contributed by atoms with E-state index in [2.05, 4.69) is 33.8 Å². The van der Waals surface area contributed by atoms with Gasteiger partial charge in [0.15, 0.2) is 0 Å². The summed E-state index contributed by atoms with van der Waals surface area (Å²) in [6.07, 6.45) is 5.80. The summed E-state index contributed by atoms with van der Waals surface area (Å²) in [5.41, 5.74) is 2.17. The molecule has 0 bridgehead atoms. The van der Waals surface area contributed by atoms with Crippen LogP contribution in [0.3, 0.4) is 0 Å². The maximum atomic E-state index is 11.4. The fourth-order valence-electron chi connectivity index (χ4n) is 5.27. The predicted molar refractivity (Wildman–Crippen MR) is 75.5 cm³/mol. The molecule has 2 saturated carbocycles. The number of rotatable bonds is 1. The normalized spacial score (nSPS) is 46.7. The first kappa shape index (κ1) is 13.2. The molecule has 3 aliphatic carbocycles. The van der Waals surface area contributed by atoms with Crippen molar-refractivity contribution in [3.63, 3.8) is 0 Å². The van der Waals surface area contributed by atoms with Crippen LogP contribution in [0.1, 0.15) is 53.9 Å². The molecule has 0 aromatic rings. The lowest BCUT2D eigenvalue weighted by molar-refractivity contribution is -0.158. The Morgan fingerprint density at radius 2 is 2.05 bits per heavy atom. The van der Waals surface area contributed by atoms with E-state index in [1.54, 1.807) is 0 Å². The molecule has 1 unspecified atom stereocenters. The number of hydrogen-bond acceptors (Lipinski definition) is 2. The lowest BCUT2D eigenvalue weighted by Crippen LogP contribution is -2.47. The van der Waals surface area contributed by atoms with Crippen molar-refractivity contribution in [3.8, 4) is 0 Å². The van der Waals surface area contributed by atoms with Gasteiger partial charge < -0.3 is 4.74 Å². The van der Waals surface area contributed by atoms with Crippen LogP contribution in [0.2, 0.25) is 0 Å². The number of fused-ring (bicyclic) bond motifs is 3. The molecule has 3 aliphatic rings. The molecule has 0 aromatic carbocycles. The zero-order valence-electron chi connectivity index (χ0n) is 12.8. The summed E-state index contributed by atoms with van der Waals surface area (Å²) in [6.45, 7) is 11.0. The average molecular weight is 262 g/mol. The van der Waals surface area contributed by atoms with E-state index < -0.39 is 0 Å². The van der Waals surface area contributed by atoms with Crippen molar-refractivity contribution in [2.24, 2.45) is 28.6 Å². The van der Waals surface area contributed by atoms with E-state index in [9.17, 15) is 4.79 Å². The third-order valence-corrected chi connectivity index (χ3v) is 6.39. The second kappa shape index (κ2) is 3.86. The third-order valence-electron chi connectivity index (χ3n) is 6.39. The quantitative estimate of drug-likeness (QED) is 0.528. The highest BCUT2D eigenvalue weighted by Gasteiger charge is 2.68. The Labute approximate surface area is 116 Å². The third kappa shape index (κ3) is 1.71. The van der Waals surface area contributed by atoms with Crippen molar-refractivity contribution in [2.45, 2.75) is 60.0 Å². The molecule has 0 aromatic heterocycles. The number of hydrogen-bond donors (Lipinski definition) is 0. The second-order valence-electron chi connectivity index (χ2n) is 7.76. The first-order valence-corrected chi connectivity index (χ1v) is 7.62. The summed E-state index contributed by atoms with van der Waals surface area (Å²) in [6, 6.07) is 0. The predicted octanol–water partition coefficient (Wildman–Crippen LogP) is 3.96. The highest BCUT2D eigenvalue weighted by Crippen LogP contribution is 2.73. The Kier molecular flexibility index (Phi) is 2.69. The summed E-state index contributed by atoms with van der Waals surface area (Å²) in [5, 5.41) is 0. The van der Waals surface area contributed by atoms with E-state index in [4.69, 9.17) is 4.74 Å². The van der Waals surface area contributed by atoms with E-state index in [-0.39, 0.29) is 17.5 Å². The van der Waals surface area contributed by atoms with Crippen molar-refractivity contribution >= 4 is 5.97 Å². The molecule has 0 amide bonds.